The molecule has 2 aromatic rings. The zero-order chi connectivity index (χ0) is 34.5. The van der Waals surface area contributed by atoms with E-state index in [2.05, 4.69) is 17.6 Å². The normalized spacial score (nSPS) is 19.8. The highest BCUT2D eigenvalue weighted by molar-refractivity contribution is 5.99. The van der Waals surface area contributed by atoms with Crippen molar-refractivity contribution >= 4 is 17.7 Å². The lowest BCUT2D eigenvalue weighted by molar-refractivity contribution is -0.126. The van der Waals surface area contributed by atoms with Crippen molar-refractivity contribution in [2.75, 3.05) is 26.7 Å². The summed E-state index contributed by atoms with van der Waals surface area (Å²) in [7, 11) is 1.71. The molecule has 0 spiro atoms. The maximum atomic E-state index is 14.1. The monoisotopic (exact) mass is 657 g/mol. The Morgan fingerprint density at radius 2 is 1.64 bits per heavy atom. The Labute approximate surface area is 278 Å². The lowest BCUT2D eigenvalue weighted by atomic mass is 9.80. The zero-order valence-corrected chi connectivity index (χ0v) is 28.6. The smallest absolute Gasteiger partial charge is 0.253 e. The summed E-state index contributed by atoms with van der Waals surface area (Å²) in [4.78, 5) is 41.8. The van der Waals surface area contributed by atoms with E-state index < -0.39 is 35.6 Å². The standard InChI is InChI=1S/C37H53F2N3O5/c1-6-12-42(13-7-2)37(46)29-11-9-10-28(20-29)36(45)41-33(19-25-16-30(38)22-31(39)17-25)34(43)21-27(8-3)35(44)40-23-26-14-24(4)15-32(18-26)47-5/h9-11,16-17,20,22,24,26-27,32-34,43H,6-8,12-15,18-19,21,23H2,1-5H3,(H,40,44)(H,41,45)/t24-,26?,27+,32-,33-,34-/m0/s1. The molecule has 3 N–H and O–H groups in total. The minimum Gasteiger partial charge on any atom is -0.391 e. The predicted molar refractivity (Wildman–Crippen MR) is 179 cm³/mol. The number of benzene rings is 2. The second-order valence-electron chi connectivity index (χ2n) is 13.1. The number of rotatable bonds is 17. The minimum atomic E-state index is -1.21. The average molecular weight is 658 g/mol. The van der Waals surface area contributed by atoms with Crippen molar-refractivity contribution in [2.24, 2.45) is 17.8 Å². The van der Waals surface area contributed by atoms with Gasteiger partial charge in [-0.3, -0.25) is 14.4 Å². The highest BCUT2D eigenvalue weighted by atomic mass is 19.1. The third-order valence-electron chi connectivity index (χ3n) is 9.09. The predicted octanol–water partition coefficient (Wildman–Crippen LogP) is 5.91. The largest absolute Gasteiger partial charge is 0.391 e. The summed E-state index contributed by atoms with van der Waals surface area (Å²) in [5.74, 6) is -2.19. The number of nitrogens with zero attached hydrogens (tertiary/aromatic N) is 1. The molecule has 1 saturated carbocycles. The number of halogens is 2. The number of aliphatic hydroxyl groups excluding tert-OH is 1. The van der Waals surface area contributed by atoms with Crippen LogP contribution in [0, 0.1) is 29.4 Å². The van der Waals surface area contributed by atoms with Gasteiger partial charge in [0.1, 0.15) is 11.6 Å². The zero-order valence-electron chi connectivity index (χ0n) is 28.6. The van der Waals surface area contributed by atoms with E-state index in [1.165, 1.54) is 6.07 Å². The molecule has 6 atom stereocenters. The molecule has 2 aromatic carbocycles. The first-order chi connectivity index (χ1) is 22.5. The fourth-order valence-corrected chi connectivity index (χ4v) is 6.69. The fraction of sp³-hybridized carbons (Fsp3) is 0.595. The molecule has 0 bridgehead atoms. The average Bonchev–Trinajstić information content (AvgIpc) is 3.04. The first-order valence-electron chi connectivity index (χ1n) is 17.1. The molecule has 0 aliphatic heterocycles. The third kappa shape index (κ3) is 11.7. The Hall–Kier alpha value is -3.37. The number of aliphatic hydroxyl groups is 1. The van der Waals surface area contributed by atoms with Crippen LogP contribution in [0.5, 0.6) is 0 Å². The summed E-state index contributed by atoms with van der Waals surface area (Å²) in [5.41, 5.74) is 0.838. The Balaban J connectivity index is 1.76. The van der Waals surface area contributed by atoms with Crippen molar-refractivity contribution in [1.29, 1.82) is 0 Å². The van der Waals surface area contributed by atoms with E-state index in [4.69, 9.17) is 4.74 Å². The number of nitrogens with one attached hydrogen (secondary N) is 2. The van der Waals surface area contributed by atoms with Crippen LogP contribution in [0.2, 0.25) is 0 Å². The number of ether oxygens (including phenoxy) is 1. The second-order valence-corrected chi connectivity index (χ2v) is 13.1. The van der Waals surface area contributed by atoms with Gasteiger partial charge < -0.3 is 25.4 Å². The van der Waals surface area contributed by atoms with Gasteiger partial charge in [0.25, 0.3) is 11.8 Å². The molecule has 3 rings (SSSR count). The molecule has 1 aliphatic rings. The molecular formula is C37H53F2N3O5. The van der Waals surface area contributed by atoms with E-state index in [-0.39, 0.29) is 41.9 Å². The summed E-state index contributed by atoms with van der Waals surface area (Å²) in [6, 6.07) is 8.49. The summed E-state index contributed by atoms with van der Waals surface area (Å²) < 4.78 is 33.8. The van der Waals surface area contributed by atoms with Crippen LogP contribution in [0.3, 0.4) is 0 Å². The van der Waals surface area contributed by atoms with Gasteiger partial charge >= 0.3 is 0 Å². The second kappa shape index (κ2) is 18.8. The van der Waals surface area contributed by atoms with Crippen molar-refractivity contribution in [1.82, 2.24) is 15.5 Å². The van der Waals surface area contributed by atoms with Gasteiger partial charge in [0.15, 0.2) is 0 Å². The lowest BCUT2D eigenvalue weighted by Crippen LogP contribution is -2.47. The highest BCUT2D eigenvalue weighted by Gasteiger charge is 2.30. The molecule has 1 unspecified atom stereocenters. The first-order valence-corrected chi connectivity index (χ1v) is 17.1. The van der Waals surface area contributed by atoms with Gasteiger partial charge in [-0.2, -0.15) is 0 Å². The summed E-state index contributed by atoms with van der Waals surface area (Å²) >= 11 is 0. The van der Waals surface area contributed by atoms with E-state index >= 15 is 0 Å². The van der Waals surface area contributed by atoms with E-state index in [9.17, 15) is 28.3 Å². The van der Waals surface area contributed by atoms with E-state index in [1.807, 2.05) is 20.8 Å². The van der Waals surface area contributed by atoms with Crippen molar-refractivity contribution < 1.29 is 33.0 Å². The summed E-state index contributed by atoms with van der Waals surface area (Å²) in [5, 5.41) is 17.3. The Morgan fingerprint density at radius 3 is 2.26 bits per heavy atom. The quantitative estimate of drug-likeness (QED) is 0.196. The Kier molecular flexibility index (Phi) is 15.3. The topological polar surface area (TPSA) is 108 Å². The fourth-order valence-electron chi connectivity index (χ4n) is 6.69. The van der Waals surface area contributed by atoms with Crippen molar-refractivity contribution in [3.63, 3.8) is 0 Å². The lowest BCUT2D eigenvalue weighted by Gasteiger charge is -2.33. The van der Waals surface area contributed by atoms with E-state index in [0.717, 1.165) is 50.3 Å². The van der Waals surface area contributed by atoms with Gasteiger partial charge in [0.2, 0.25) is 5.91 Å². The van der Waals surface area contributed by atoms with Crippen molar-refractivity contribution in [3.8, 4) is 0 Å². The van der Waals surface area contributed by atoms with Crippen LogP contribution in [-0.4, -0.2) is 72.7 Å². The van der Waals surface area contributed by atoms with Crippen molar-refractivity contribution in [2.45, 2.75) is 97.3 Å². The Morgan fingerprint density at radius 1 is 0.979 bits per heavy atom. The van der Waals surface area contributed by atoms with Gasteiger partial charge in [-0.05, 0) is 99.1 Å². The molecule has 260 valence electrons. The molecular weight excluding hydrogens is 604 g/mol. The molecule has 3 amide bonds. The van der Waals surface area contributed by atoms with Crippen LogP contribution >= 0.6 is 0 Å². The van der Waals surface area contributed by atoms with E-state index in [1.54, 1.807) is 30.2 Å². The first kappa shape index (κ1) is 38.1. The van der Waals surface area contributed by atoms with Crippen molar-refractivity contribution in [3.05, 3.63) is 70.8 Å². The molecule has 0 radical (unpaired) electrons. The number of methoxy groups -OCH3 is 1. The minimum absolute atomic E-state index is 0.0361. The van der Waals surface area contributed by atoms with Gasteiger partial charge in [-0.25, -0.2) is 8.78 Å². The summed E-state index contributed by atoms with van der Waals surface area (Å²) in [6.07, 6.45) is 3.87. The molecule has 1 aliphatic carbocycles. The summed E-state index contributed by atoms with van der Waals surface area (Å²) in [6.45, 7) is 9.75. The number of carbonyl (C=O) groups excluding carboxylic acids is 3. The maximum absolute atomic E-state index is 14.1. The third-order valence-corrected chi connectivity index (χ3v) is 9.09. The van der Waals surface area contributed by atoms with Crippen LogP contribution in [0.25, 0.3) is 0 Å². The van der Waals surface area contributed by atoms with Crippen LogP contribution in [0.15, 0.2) is 42.5 Å². The molecule has 47 heavy (non-hydrogen) atoms. The molecule has 8 nitrogen and oxygen atoms in total. The SMILES string of the molecule is CCCN(CCC)C(=O)c1cccc(C(=O)N[C@@H](Cc2cc(F)cc(F)c2)[C@@H](O)C[C@@H](CC)C(=O)NCC2C[C@H](C)C[C@H](OC)C2)c1. The number of hydrogen-bond acceptors (Lipinski definition) is 5. The Bertz CT molecular complexity index is 1300. The molecule has 0 heterocycles. The van der Waals surface area contributed by atoms with Crippen LogP contribution in [0.1, 0.15) is 98.9 Å². The van der Waals surface area contributed by atoms with Gasteiger partial charge in [-0.15, -0.1) is 0 Å². The van der Waals surface area contributed by atoms with E-state index in [0.29, 0.717) is 43.5 Å². The molecule has 1 fully saturated rings. The van der Waals surface area contributed by atoms with Gasteiger partial charge in [0.05, 0.1) is 18.2 Å². The molecule has 0 saturated heterocycles. The van der Waals surface area contributed by atoms with Crippen LogP contribution < -0.4 is 10.6 Å². The van der Waals surface area contributed by atoms with Crippen LogP contribution in [0.4, 0.5) is 8.78 Å². The van der Waals surface area contributed by atoms with Crippen LogP contribution in [-0.2, 0) is 16.0 Å². The maximum Gasteiger partial charge on any atom is 0.253 e. The number of carbonyl (C=O) groups is 3. The molecule has 0 aromatic heterocycles. The number of amides is 3. The molecule has 10 heteroatoms. The van der Waals surface area contributed by atoms with Gasteiger partial charge in [-0.1, -0.05) is 33.8 Å². The highest BCUT2D eigenvalue weighted by Crippen LogP contribution is 2.30. The van der Waals surface area contributed by atoms with Gasteiger partial charge in [0, 0.05) is 49.9 Å². The number of hydrogen-bond donors (Lipinski definition) is 3.